The lowest BCUT2D eigenvalue weighted by Crippen LogP contribution is -2.42. The summed E-state index contributed by atoms with van der Waals surface area (Å²) in [5.41, 5.74) is 1.99. The van der Waals surface area contributed by atoms with Gasteiger partial charge >= 0.3 is 0 Å². The van der Waals surface area contributed by atoms with Crippen molar-refractivity contribution in [3.05, 3.63) is 34.3 Å². The minimum atomic E-state index is -0.217. The van der Waals surface area contributed by atoms with Crippen molar-refractivity contribution < 1.29 is 4.79 Å². The Morgan fingerprint density at radius 2 is 1.89 bits per heavy atom. The topological polar surface area (TPSA) is 23.6 Å². The van der Waals surface area contributed by atoms with Gasteiger partial charge in [-0.05, 0) is 31.3 Å². The zero-order chi connectivity index (χ0) is 14.3. The van der Waals surface area contributed by atoms with E-state index >= 15 is 0 Å². The Bertz CT molecular complexity index is 504. The fourth-order valence-corrected chi connectivity index (χ4v) is 3.76. The van der Waals surface area contributed by atoms with Crippen LogP contribution in [0.4, 0.5) is 0 Å². The first-order valence-corrected chi connectivity index (χ1v) is 7.00. The normalized spacial score (nSPS) is 25.5. The Labute approximate surface area is 124 Å². The summed E-state index contributed by atoms with van der Waals surface area (Å²) in [6.45, 7) is 1.57. The number of likely N-dealkylation sites (N-methyl/N-ethyl adjacent to an activating group) is 2. The van der Waals surface area contributed by atoms with Gasteiger partial charge in [-0.1, -0.05) is 23.7 Å². The summed E-state index contributed by atoms with van der Waals surface area (Å²) in [5, 5.41) is 0.453. The summed E-state index contributed by atoms with van der Waals surface area (Å²) >= 11 is 12.9. The molecule has 1 aromatic rings. The maximum absolute atomic E-state index is 11.7. The number of fused-ring (bicyclic) bond motifs is 1. The van der Waals surface area contributed by atoms with Crippen LogP contribution >= 0.6 is 23.2 Å². The number of halogens is 2. The van der Waals surface area contributed by atoms with Gasteiger partial charge in [0.05, 0.1) is 17.5 Å². The van der Waals surface area contributed by atoms with Crippen molar-refractivity contribution in [2.24, 2.45) is 0 Å². The van der Waals surface area contributed by atoms with Gasteiger partial charge in [0.25, 0.3) is 0 Å². The number of benzene rings is 1. The molecule has 0 bridgehead atoms. The SMILES string of the molecule is CC(=O)N(C)[C@@H]1c2cccc(Cl)c2C(Cl)[C@H]1N(C)C. The van der Waals surface area contributed by atoms with Gasteiger partial charge in [0.15, 0.2) is 0 Å². The third-order valence-electron chi connectivity index (χ3n) is 3.81. The minimum absolute atomic E-state index is 0.0190. The average Bonchev–Trinajstić information content (AvgIpc) is 2.62. The molecule has 1 aromatic carbocycles. The minimum Gasteiger partial charge on any atom is -0.337 e. The lowest BCUT2D eigenvalue weighted by atomic mass is 10.0. The van der Waals surface area contributed by atoms with Crippen molar-refractivity contribution >= 4 is 29.1 Å². The van der Waals surface area contributed by atoms with Gasteiger partial charge in [-0.3, -0.25) is 4.79 Å². The highest BCUT2D eigenvalue weighted by molar-refractivity contribution is 6.33. The Morgan fingerprint density at radius 3 is 2.42 bits per heavy atom. The highest BCUT2D eigenvalue weighted by Gasteiger charge is 2.44. The van der Waals surface area contributed by atoms with Crippen LogP contribution in [0.25, 0.3) is 0 Å². The molecule has 0 radical (unpaired) electrons. The Hall–Kier alpha value is -0.770. The molecule has 1 aliphatic rings. The van der Waals surface area contributed by atoms with Gasteiger partial charge in [-0.25, -0.2) is 0 Å². The van der Waals surface area contributed by atoms with Crippen LogP contribution in [0.3, 0.4) is 0 Å². The third-order valence-corrected chi connectivity index (χ3v) is 4.62. The predicted octanol–water partition coefficient (Wildman–Crippen LogP) is 3.08. The van der Waals surface area contributed by atoms with Crippen LogP contribution in [0.15, 0.2) is 18.2 Å². The second-order valence-corrected chi connectivity index (χ2v) is 6.05. The van der Waals surface area contributed by atoms with Crippen LogP contribution in [0.2, 0.25) is 5.02 Å². The molecule has 0 spiro atoms. The highest BCUT2D eigenvalue weighted by atomic mass is 35.5. The first-order valence-electron chi connectivity index (χ1n) is 6.18. The van der Waals surface area contributed by atoms with Crippen molar-refractivity contribution in [1.29, 1.82) is 0 Å². The number of hydrogen-bond donors (Lipinski definition) is 0. The lowest BCUT2D eigenvalue weighted by Gasteiger charge is -2.34. The first kappa shape index (κ1) is 14.6. The van der Waals surface area contributed by atoms with Crippen LogP contribution in [0.5, 0.6) is 0 Å². The molecule has 3 atom stereocenters. The molecule has 1 aliphatic carbocycles. The molecule has 0 saturated heterocycles. The van der Waals surface area contributed by atoms with Crippen LogP contribution < -0.4 is 0 Å². The molecule has 0 fully saturated rings. The van der Waals surface area contributed by atoms with E-state index in [1.165, 1.54) is 0 Å². The van der Waals surface area contributed by atoms with Crippen LogP contribution in [-0.4, -0.2) is 42.9 Å². The van der Waals surface area contributed by atoms with E-state index in [0.717, 1.165) is 11.1 Å². The van der Waals surface area contributed by atoms with Gasteiger partial charge in [-0.15, -0.1) is 11.6 Å². The molecule has 5 heteroatoms. The summed E-state index contributed by atoms with van der Waals surface area (Å²) in [6.07, 6.45) is 0. The molecule has 104 valence electrons. The quantitative estimate of drug-likeness (QED) is 0.784. The summed E-state index contributed by atoms with van der Waals surface area (Å²) < 4.78 is 0. The molecule has 1 unspecified atom stereocenters. The number of carbonyl (C=O) groups excluding carboxylic acids is 1. The van der Waals surface area contributed by atoms with E-state index in [4.69, 9.17) is 23.2 Å². The molecule has 0 aromatic heterocycles. The van der Waals surface area contributed by atoms with Gasteiger partial charge in [0, 0.05) is 19.0 Å². The lowest BCUT2D eigenvalue weighted by molar-refractivity contribution is -0.130. The Balaban J connectivity index is 2.56. The Kier molecular flexibility index (Phi) is 4.09. The second-order valence-electron chi connectivity index (χ2n) is 5.17. The van der Waals surface area contributed by atoms with Gasteiger partial charge in [-0.2, -0.15) is 0 Å². The standard InChI is InChI=1S/C14H18Cl2N2O/c1-8(19)18(4)13-9-6-5-7-10(15)11(9)12(16)14(13)17(2)3/h5-7,12-14H,1-4H3/t12?,13-,14-/m1/s1. The smallest absolute Gasteiger partial charge is 0.219 e. The summed E-state index contributed by atoms with van der Waals surface area (Å²) in [5.74, 6) is 0.0218. The first-order chi connectivity index (χ1) is 8.86. The van der Waals surface area contributed by atoms with E-state index in [2.05, 4.69) is 4.90 Å². The number of rotatable bonds is 2. The largest absolute Gasteiger partial charge is 0.337 e. The summed E-state index contributed by atoms with van der Waals surface area (Å²) in [7, 11) is 5.75. The maximum atomic E-state index is 11.7. The monoisotopic (exact) mass is 300 g/mol. The maximum Gasteiger partial charge on any atom is 0.219 e. The van der Waals surface area contributed by atoms with Crippen LogP contribution in [0, 0.1) is 0 Å². The van der Waals surface area contributed by atoms with Crippen molar-refractivity contribution in [2.75, 3.05) is 21.1 Å². The average molecular weight is 301 g/mol. The molecule has 2 rings (SSSR count). The zero-order valence-corrected chi connectivity index (χ0v) is 13.0. The number of alkyl halides is 1. The molecule has 19 heavy (non-hydrogen) atoms. The number of hydrogen-bond acceptors (Lipinski definition) is 2. The van der Waals surface area contributed by atoms with E-state index < -0.39 is 0 Å². The molecule has 3 nitrogen and oxygen atoms in total. The van der Waals surface area contributed by atoms with Gasteiger partial charge < -0.3 is 9.80 Å². The molecule has 0 aliphatic heterocycles. The molecule has 0 heterocycles. The van der Waals surface area contributed by atoms with E-state index in [0.29, 0.717) is 5.02 Å². The van der Waals surface area contributed by atoms with E-state index in [1.54, 1.807) is 11.8 Å². The van der Waals surface area contributed by atoms with Crippen LogP contribution in [-0.2, 0) is 4.79 Å². The molecular weight excluding hydrogens is 283 g/mol. The zero-order valence-electron chi connectivity index (χ0n) is 11.5. The van der Waals surface area contributed by atoms with Crippen molar-refractivity contribution in [3.63, 3.8) is 0 Å². The Morgan fingerprint density at radius 1 is 1.26 bits per heavy atom. The van der Waals surface area contributed by atoms with Crippen molar-refractivity contribution in [3.8, 4) is 0 Å². The van der Waals surface area contributed by atoms with Gasteiger partial charge in [0.2, 0.25) is 5.91 Å². The molecule has 1 amide bonds. The van der Waals surface area contributed by atoms with Crippen LogP contribution in [0.1, 0.15) is 29.5 Å². The fraction of sp³-hybridized carbons (Fsp3) is 0.500. The highest BCUT2D eigenvalue weighted by Crippen LogP contribution is 2.49. The van der Waals surface area contributed by atoms with E-state index in [9.17, 15) is 4.79 Å². The number of nitrogens with zero attached hydrogens (tertiary/aromatic N) is 2. The molecule has 0 saturated carbocycles. The third kappa shape index (κ3) is 2.35. The fourth-order valence-electron chi connectivity index (χ4n) is 2.80. The molecular formula is C14H18Cl2N2O. The van der Waals surface area contributed by atoms with E-state index in [1.807, 2.05) is 39.3 Å². The number of amides is 1. The van der Waals surface area contributed by atoms with Crippen molar-refractivity contribution in [1.82, 2.24) is 9.80 Å². The summed E-state index contributed by atoms with van der Waals surface area (Å²) in [4.78, 5) is 15.5. The number of carbonyl (C=O) groups is 1. The molecule has 0 N–H and O–H groups in total. The predicted molar refractivity (Wildman–Crippen MR) is 78.7 cm³/mol. The van der Waals surface area contributed by atoms with Crippen molar-refractivity contribution in [2.45, 2.75) is 24.4 Å². The second kappa shape index (κ2) is 5.31. The van der Waals surface area contributed by atoms with E-state index in [-0.39, 0.29) is 23.4 Å². The summed E-state index contributed by atoms with van der Waals surface area (Å²) in [6, 6.07) is 5.71. The van der Waals surface area contributed by atoms with Gasteiger partial charge in [0.1, 0.15) is 0 Å².